The standard InChI is InChI=1S/C14H22N4S/c1-17(2)10-11-5-7-18(8-6-11)13-4-3-12(9-16-13)14(15)19/h3-4,9,11H,5-8,10H2,1-2H3,(H2,15,19). The highest BCUT2D eigenvalue weighted by atomic mass is 32.1. The highest BCUT2D eigenvalue weighted by Gasteiger charge is 2.20. The highest BCUT2D eigenvalue weighted by Crippen LogP contribution is 2.22. The topological polar surface area (TPSA) is 45.4 Å². The van der Waals surface area contributed by atoms with Crippen LogP contribution < -0.4 is 10.6 Å². The zero-order valence-corrected chi connectivity index (χ0v) is 12.5. The fraction of sp³-hybridized carbons (Fsp3) is 0.571. The van der Waals surface area contributed by atoms with E-state index in [2.05, 4.69) is 28.9 Å². The van der Waals surface area contributed by atoms with Gasteiger partial charge in [-0.15, -0.1) is 0 Å². The molecule has 19 heavy (non-hydrogen) atoms. The van der Waals surface area contributed by atoms with Crippen molar-refractivity contribution in [3.05, 3.63) is 23.9 Å². The van der Waals surface area contributed by atoms with Crippen molar-refractivity contribution < 1.29 is 0 Å². The summed E-state index contributed by atoms with van der Waals surface area (Å²) in [6, 6.07) is 3.97. The molecule has 1 saturated heterocycles. The number of hydrogen-bond donors (Lipinski definition) is 1. The van der Waals surface area contributed by atoms with Crippen LogP contribution in [0.1, 0.15) is 18.4 Å². The minimum absolute atomic E-state index is 0.406. The van der Waals surface area contributed by atoms with Gasteiger partial charge < -0.3 is 15.5 Å². The molecular weight excluding hydrogens is 256 g/mol. The second-order valence-electron chi connectivity index (χ2n) is 5.46. The molecule has 104 valence electrons. The Hall–Kier alpha value is -1.20. The van der Waals surface area contributed by atoms with Crippen molar-refractivity contribution in [3.63, 3.8) is 0 Å². The molecule has 0 atom stereocenters. The van der Waals surface area contributed by atoms with Crippen molar-refractivity contribution in [2.75, 3.05) is 38.6 Å². The number of pyridine rings is 1. The number of nitrogens with two attached hydrogens (primary N) is 1. The van der Waals surface area contributed by atoms with E-state index in [1.165, 1.54) is 19.4 Å². The van der Waals surface area contributed by atoms with Gasteiger partial charge in [-0.3, -0.25) is 0 Å². The molecule has 0 saturated carbocycles. The Morgan fingerprint density at radius 1 is 1.42 bits per heavy atom. The molecule has 0 unspecified atom stereocenters. The van der Waals surface area contributed by atoms with E-state index in [1.807, 2.05) is 12.1 Å². The van der Waals surface area contributed by atoms with Crippen LogP contribution in [0.3, 0.4) is 0 Å². The molecule has 1 fully saturated rings. The third-order valence-corrected chi connectivity index (χ3v) is 3.83. The van der Waals surface area contributed by atoms with Crippen molar-refractivity contribution in [1.82, 2.24) is 9.88 Å². The van der Waals surface area contributed by atoms with Crippen LogP contribution in [0.4, 0.5) is 5.82 Å². The maximum Gasteiger partial charge on any atom is 0.128 e. The Kier molecular flexibility index (Phi) is 4.71. The summed E-state index contributed by atoms with van der Waals surface area (Å²) in [6.45, 7) is 3.34. The van der Waals surface area contributed by atoms with Gasteiger partial charge in [0.05, 0.1) is 0 Å². The average Bonchev–Trinajstić information content (AvgIpc) is 2.39. The van der Waals surface area contributed by atoms with Crippen molar-refractivity contribution in [1.29, 1.82) is 0 Å². The van der Waals surface area contributed by atoms with Gasteiger partial charge in [-0.1, -0.05) is 12.2 Å². The summed E-state index contributed by atoms with van der Waals surface area (Å²) in [7, 11) is 4.28. The number of hydrogen-bond acceptors (Lipinski definition) is 4. The zero-order valence-electron chi connectivity index (χ0n) is 11.7. The minimum Gasteiger partial charge on any atom is -0.389 e. The normalized spacial score (nSPS) is 16.9. The number of aromatic nitrogens is 1. The van der Waals surface area contributed by atoms with Gasteiger partial charge in [0.2, 0.25) is 0 Å². The number of rotatable bonds is 4. The first-order valence-corrected chi connectivity index (χ1v) is 7.12. The molecular formula is C14H22N4S. The first-order chi connectivity index (χ1) is 9.06. The van der Waals surface area contributed by atoms with E-state index in [-0.39, 0.29) is 0 Å². The van der Waals surface area contributed by atoms with Gasteiger partial charge >= 0.3 is 0 Å². The molecule has 0 aliphatic carbocycles. The smallest absolute Gasteiger partial charge is 0.128 e. The molecule has 1 aliphatic heterocycles. The first kappa shape index (κ1) is 14.2. The average molecular weight is 278 g/mol. The molecule has 5 heteroatoms. The second kappa shape index (κ2) is 6.30. The lowest BCUT2D eigenvalue weighted by atomic mass is 9.96. The summed E-state index contributed by atoms with van der Waals surface area (Å²) in [5.41, 5.74) is 6.41. The van der Waals surface area contributed by atoms with Gasteiger partial charge in [-0.2, -0.15) is 0 Å². The highest BCUT2D eigenvalue weighted by molar-refractivity contribution is 7.80. The molecule has 1 aromatic heterocycles. The summed E-state index contributed by atoms with van der Waals surface area (Å²) in [4.78, 5) is 9.48. The lowest BCUT2D eigenvalue weighted by molar-refractivity contribution is 0.284. The van der Waals surface area contributed by atoms with E-state index < -0.39 is 0 Å². The molecule has 0 radical (unpaired) electrons. The number of thiocarbonyl (C=S) groups is 1. The summed E-state index contributed by atoms with van der Waals surface area (Å²) in [5, 5.41) is 0. The van der Waals surface area contributed by atoms with Crippen molar-refractivity contribution >= 4 is 23.0 Å². The fourth-order valence-corrected chi connectivity index (χ4v) is 2.70. The van der Waals surface area contributed by atoms with Gasteiger partial charge in [-0.25, -0.2) is 4.98 Å². The van der Waals surface area contributed by atoms with Gasteiger partial charge in [0, 0.05) is 31.4 Å². The number of nitrogens with zero attached hydrogens (tertiary/aromatic N) is 3. The molecule has 1 aliphatic rings. The Bertz CT molecular complexity index is 422. The lowest BCUT2D eigenvalue weighted by Gasteiger charge is -2.34. The van der Waals surface area contributed by atoms with Gasteiger partial charge in [0.25, 0.3) is 0 Å². The molecule has 0 amide bonds. The van der Waals surface area contributed by atoms with Gasteiger partial charge in [0.15, 0.2) is 0 Å². The van der Waals surface area contributed by atoms with Crippen LogP contribution in [-0.2, 0) is 0 Å². The monoisotopic (exact) mass is 278 g/mol. The molecule has 2 rings (SSSR count). The van der Waals surface area contributed by atoms with Crippen LogP contribution in [0.2, 0.25) is 0 Å². The summed E-state index contributed by atoms with van der Waals surface area (Å²) < 4.78 is 0. The van der Waals surface area contributed by atoms with E-state index in [1.54, 1.807) is 6.20 Å². The van der Waals surface area contributed by atoms with Crippen molar-refractivity contribution in [2.24, 2.45) is 11.7 Å². The van der Waals surface area contributed by atoms with E-state index in [9.17, 15) is 0 Å². The van der Waals surface area contributed by atoms with E-state index >= 15 is 0 Å². The molecule has 2 heterocycles. The van der Waals surface area contributed by atoms with Crippen LogP contribution in [-0.4, -0.2) is 48.6 Å². The molecule has 2 N–H and O–H groups in total. The number of anilines is 1. The molecule has 4 nitrogen and oxygen atoms in total. The van der Waals surface area contributed by atoms with Crippen LogP contribution >= 0.6 is 12.2 Å². The van der Waals surface area contributed by atoms with Crippen molar-refractivity contribution in [2.45, 2.75) is 12.8 Å². The van der Waals surface area contributed by atoms with Gasteiger partial charge in [0.1, 0.15) is 10.8 Å². The number of piperidine rings is 1. The fourth-order valence-electron chi connectivity index (χ4n) is 2.58. The molecule has 0 bridgehead atoms. The Morgan fingerprint density at radius 3 is 2.58 bits per heavy atom. The predicted octanol–water partition coefficient (Wildman–Crippen LogP) is 1.49. The summed E-state index contributed by atoms with van der Waals surface area (Å²) in [6.07, 6.45) is 4.23. The van der Waals surface area contributed by atoms with Crippen LogP contribution in [0.5, 0.6) is 0 Å². The Labute approximate surface area is 120 Å². The second-order valence-corrected chi connectivity index (χ2v) is 5.90. The molecule has 0 spiro atoms. The minimum atomic E-state index is 0.406. The van der Waals surface area contributed by atoms with E-state index in [0.717, 1.165) is 30.4 Å². The van der Waals surface area contributed by atoms with Gasteiger partial charge in [-0.05, 0) is 45.0 Å². The third-order valence-electron chi connectivity index (χ3n) is 3.59. The molecule has 0 aromatic carbocycles. The maximum atomic E-state index is 5.58. The van der Waals surface area contributed by atoms with E-state index in [4.69, 9.17) is 18.0 Å². The van der Waals surface area contributed by atoms with Crippen LogP contribution in [0, 0.1) is 5.92 Å². The largest absolute Gasteiger partial charge is 0.389 e. The first-order valence-electron chi connectivity index (χ1n) is 6.72. The maximum absolute atomic E-state index is 5.58. The summed E-state index contributed by atoms with van der Waals surface area (Å²) >= 11 is 4.94. The van der Waals surface area contributed by atoms with E-state index in [0.29, 0.717) is 4.99 Å². The third kappa shape index (κ3) is 3.88. The Balaban J connectivity index is 1.92. The quantitative estimate of drug-likeness (QED) is 0.846. The Morgan fingerprint density at radius 2 is 2.11 bits per heavy atom. The predicted molar refractivity (Wildman–Crippen MR) is 83.6 cm³/mol. The van der Waals surface area contributed by atoms with Crippen molar-refractivity contribution in [3.8, 4) is 0 Å². The SMILES string of the molecule is CN(C)CC1CCN(c2ccc(C(N)=S)cn2)CC1. The van der Waals surface area contributed by atoms with Crippen LogP contribution in [0.25, 0.3) is 0 Å². The summed E-state index contributed by atoms with van der Waals surface area (Å²) in [5.74, 6) is 1.84. The molecule has 1 aromatic rings. The zero-order chi connectivity index (χ0) is 13.8. The lowest BCUT2D eigenvalue weighted by Crippen LogP contribution is -2.37. The van der Waals surface area contributed by atoms with Crippen LogP contribution in [0.15, 0.2) is 18.3 Å².